The van der Waals surface area contributed by atoms with Crippen LogP contribution in [-0.4, -0.2) is 49.3 Å². The second-order valence-corrected chi connectivity index (χ2v) is 22.3. The summed E-state index contributed by atoms with van der Waals surface area (Å²) < 4.78 is 33.1. The SMILES string of the molecule is CC/C=C\C/C=C\C/C=C\C/C=C\C/C=C\CCCCCCCCCCCCCCCC(=O)OC(COC(=O)CCCCCCCCCCCCCC/C=C\C/C=C\C/C=C\CCCCCCC)COP(=O)(O)OCCN. The third kappa shape index (κ3) is 62.0. The summed E-state index contributed by atoms with van der Waals surface area (Å²) in [5.74, 6) is -0.827. The highest BCUT2D eigenvalue weighted by molar-refractivity contribution is 7.47. The minimum Gasteiger partial charge on any atom is -0.462 e. The van der Waals surface area contributed by atoms with E-state index >= 15 is 0 Å². The minimum atomic E-state index is -4.40. The Morgan fingerprint density at radius 3 is 1.06 bits per heavy atom. The number of esters is 2. The maximum atomic E-state index is 12.7. The topological polar surface area (TPSA) is 134 Å². The average molecular weight is 1100 g/mol. The van der Waals surface area contributed by atoms with Crippen LogP contribution in [-0.2, 0) is 32.7 Å². The average Bonchev–Trinajstić information content (AvgIpc) is 3.42. The Hall–Kier alpha value is -3.07. The lowest BCUT2D eigenvalue weighted by Crippen LogP contribution is -2.29. The van der Waals surface area contributed by atoms with Crippen molar-refractivity contribution in [3.05, 3.63) is 97.2 Å². The molecule has 0 aromatic heterocycles. The Bertz CT molecular complexity index is 1580. The summed E-state index contributed by atoms with van der Waals surface area (Å²) in [6, 6.07) is 0. The van der Waals surface area contributed by atoms with E-state index < -0.39 is 26.5 Å². The van der Waals surface area contributed by atoms with Crippen molar-refractivity contribution in [1.82, 2.24) is 0 Å². The van der Waals surface area contributed by atoms with Gasteiger partial charge in [0.2, 0.25) is 0 Å². The molecule has 0 amide bonds. The van der Waals surface area contributed by atoms with Crippen LogP contribution < -0.4 is 5.73 Å². The summed E-state index contributed by atoms with van der Waals surface area (Å²) in [5, 5.41) is 0. The molecular formula is C67H118NO8P. The number of ether oxygens (including phenoxy) is 2. The smallest absolute Gasteiger partial charge is 0.462 e. The lowest BCUT2D eigenvalue weighted by Gasteiger charge is -2.19. The number of nitrogens with two attached hydrogens (primary N) is 1. The van der Waals surface area contributed by atoms with Crippen LogP contribution in [0.3, 0.4) is 0 Å². The molecular weight excluding hydrogens is 978 g/mol. The highest BCUT2D eigenvalue weighted by atomic mass is 31.2. The van der Waals surface area contributed by atoms with Crippen molar-refractivity contribution in [2.75, 3.05) is 26.4 Å². The maximum absolute atomic E-state index is 12.7. The second kappa shape index (κ2) is 62.1. The van der Waals surface area contributed by atoms with E-state index in [0.717, 1.165) is 83.5 Å². The van der Waals surface area contributed by atoms with Crippen LogP contribution in [0.15, 0.2) is 97.2 Å². The Kier molecular flexibility index (Phi) is 59.7. The molecule has 77 heavy (non-hydrogen) atoms. The Morgan fingerprint density at radius 1 is 0.403 bits per heavy atom. The van der Waals surface area contributed by atoms with Gasteiger partial charge in [-0.1, -0.05) is 272 Å². The van der Waals surface area contributed by atoms with Gasteiger partial charge in [0, 0.05) is 19.4 Å². The van der Waals surface area contributed by atoms with E-state index in [0.29, 0.717) is 6.42 Å². The van der Waals surface area contributed by atoms with E-state index in [1.807, 2.05) is 0 Å². The number of carbonyl (C=O) groups excluding carboxylic acids is 2. The highest BCUT2D eigenvalue weighted by Crippen LogP contribution is 2.43. The van der Waals surface area contributed by atoms with E-state index in [1.165, 1.54) is 167 Å². The first-order chi connectivity index (χ1) is 37.8. The highest BCUT2D eigenvalue weighted by Gasteiger charge is 2.26. The Labute approximate surface area is 474 Å². The van der Waals surface area contributed by atoms with E-state index in [1.54, 1.807) is 0 Å². The second-order valence-electron chi connectivity index (χ2n) is 20.9. The first-order valence-corrected chi connectivity index (χ1v) is 33.2. The van der Waals surface area contributed by atoms with Gasteiger partial charge < -0.3 is 20.1 Å². The molecule has 0 aliphatic rings. The normalized spacial score (nSPS) is 13.7. The van der Waals surface area contributed by atoms with E-state index in [2.05, 4.69) is 111 Å². The third-order valence-electron chi connectivity index (χ3n) is 13.5. The maximum Gasteiger partial charge on any atom is 0.472 e. The fourth-order valence-corrected chi connectivity index (χ4v) is 9.55. The fourth-order valence-electron chi connectivity index (χ4n) is 8.79. The number of allylic oxidation sites excluding steroid dienone is 16. The minimum absolute atomic E-state index is 0.0497. The van der Waals surface area contributed by atoms with E-state index in [-0.39, 0.29) is 38.6 Å². The molecule has 0 saturated carbocycles. The number of phosphoric ester groups is 1. The van der Waals surface area contributed by atoms with Gasteiger partial charge in [-0.25, -0.2) is 4.57 Å². The number of rotatable bonds is 59. The molecule has 2 unspecified atom stereocenters. The summed E-state index contributed by atoms with van der Waals surface area (Å²) in [6.07, 6.45) is 83.3. The predicted molar refractivity (Wildman–Crippen MR) is 330 cm³/mol. The summed E-state index contributed by atoms with van der Waals surface area (Å²) in [6.45, 7) is 3.64. The van der Waals surface area contributed by atoms with Crippen molar-refractivity contribution in [2.24, 2.45) is 5.73 Å². The van der Waals surface area contributed by atoms with E-state index in [4.69, 9.17) is 24.3 Å². The Balaban J connectivity index is 3.95. The van der Waals surface area contributed by atoms with Crippen molar-refractivity contribution < 1.29 is 37.6 Å². The lowest BCUT2D eigenvalue weighted by molar-refractivity contribution is -0.161. The molecule has 0 rings (SSSR count). The molecule has 0 aromatic rings. The lowest BCUT2D eigenvalue weighted by atomic mass is 10.0. The molecule has 9 nitrogen and oxygen atoms in total. The number of hydrogen-bond donors (Lipinski definition) is 2. The zero-order valence-electron chi connectivity index (χ0n) is 49.7. The van der Waals surface area contributed by atoms with Crippen LogP contribution in [0.4, 0.5) is 0 Å². The predicted octanol–water partition coefficient (Wildman–Crippen LogP) is 20.4. The van der Waals surface area contributed by atoms with Crippen molar-refractivity contribution in [3.63, 3.8) is 0 Å². The fraction of sp³-hybridized carbons (Fsp3) is 0.731. The summed E-state index contributed by atoms with van der Waals surface area (Å²) in [7, 11) is -4.40. The molecule has 0 spiro atoms. The summed E-state index contributed by atoms with van der Waals surface area (Å²) in [5.41, 5.74) is 5.39. The van der Waals surface area contributed by atoms with Gasteiger partial charge in [-0.2, -0.15) is 0 Å². The number of unbranched alkanes of at least 4 members (excludes halogenated alkanes) is 30. The molecule has 0 bridgehead atoms. The van der Waals surface area contributed by atoms with Crippen LogP contribution in [0.2, 0.25) is 0 Å². The Morgan fingerprint density at radius 2 is 0.714 bits per heavy atom. The van der Waals surface area contributed by atoms with Crippen LogP contribution in [0.1, 0.15) is 284 Å². The van der Waals surface area contributed by atoms with Gasteiger partial charge in [0.15, 0.2) is 6.10 Å². The molecule has 3 N–H and O–H groups in total. The van der Waals surface area contributed by atoms with Gasteiger partial charge in [0.1, 0.15) is 6.61 Å². The zero-order valence-corrected chi connectivity index (χ0v) is 50.6. The van der Waals surface area contributed by atoms with Gasteiger partial charge in [0.05, 0.1) is 13.2 Å². The number of hydrogen-bond acceptors (Lipinski definition) is 8. The van der Waals surface area contributed by atoms with Crippen molar-refractivity contribution in [3.8, 4) is 0 Å². The van der Waals surface area contributed by atoms with Crippen LogP contribution in [0.25, 0.3) is 0 Å². The van der Waals surface area contributed by atoms with Crippen molar-refractivity contribution >= 4 is 19.8 Å². The zero-order chi connectivity index (χ0) is 55.9. The summed E-state index contributed by atoms with van der Waals surface area (Å²) >= 11 is 0. The van der Waals surface area contributed by atoms with Crippen molar-refractivity contribution in [2.45, 2.75) is 290 Å². The van der Waals surface area contributed by atoms with Gasteiger partial charge in [-0.05, 0) is 96.3 Å². The van der Waals surface area contributed by atoms with Gasteiger partial charge in [-0.15, -0.1) is 0 Å². The molecule has 0 saturated heterocycles. The number of carbonyl (C=O) groups is 2. The quantitative estimate of drug-likeness (QED) is 0.0264. The molecule has 0 aliphatic heterocycles. The molecule has 444 valence electrons. The van der Waals surface area contributed by atoms with Gasteiger partial charge >= 0.3 is 19.8 Å². The molecule has 2 atom stereocenters. The van der Waals surface area contributed by atoms with Crippen LogP contribution in [0.5, 0.6) is 0 Å². The largest absolute Gasteiger partial charge is 0.472 e. The number of phosphoric acid groups is 1. The van der Waals surface area contributed by atoms with Crippen molar-refractivity contribution in [1.29, 1.82) is 0 Å². The van der Waals surface area contributed by atoms with Gasteiger partial charge in [-0.3, -0.25) is 18.6 Å². The standard InChI is InChI=1S/C67H118NO8P/c1-3-5-7-9-11-13-15-17-19-21-23-25-27-29-31-32-34-36-38-40-42-44-46-48-50-52-54-56-58-60-67(70)76-65(64-75-77(71,72)74-62-61-68)63-73-66(69)59-57-55-53-51-49-47-45-43-41-39-37-35-33-30-28-26-24-22-20-18-16-14-12-10-8-6-4-2/h5,7,11,13,16-19,22-25,28-31,65H,3-4,6,8-10,12,14-15,20-21,26-27,32-64,68H2,1-2H3,(H,71,72)/b7-5-,13-11-,18-16-,19-17-,24-22-,25-23-,30-28-,31-29-. The molecule has 0 radical (unpaired) electrons. The third-order valence-corrected chi connectivity index (χ3v) is 14.4. The first kappa shape index (κ1) is 73.9. The van der Waals surface area contributed by atoms with E-state index in [9.17, 15) is 19.0 Å². The first-order valence-electron chi connectivity index (χ1n) is 31.7. The van der Waals surface area contributed by atoms with Crippen LogP contribution >= 0.6 is 7.82 Å². The molecule has 0 fully saturated rings. The molecule has 0 heterocycles. The summed E-state index contributed by atoms with van der Waals surface area (Å²) in [4.78, 5) is 35.3. The monoisotopic (exact) mass is 1100 g/mol. The molecule has 10 heteroatoms. The van der Waals surface area contributed by atoms with Gasteiger partial charge in [0.25, 0.3) is 0 Å². The van der Waals surface area contributed by atoms with Crippen LogP contribution in [0, 0.1) is 0 Å². The molecule has 0 aliphatic carbocycles. The molecule has 0 aromatic carbocycles.